The number of hydrogen-bond donors (Lipinski definition) is 0. The predicted octanol–water partition coefficient (Wildman–Crippen LogP) is 4.79. The molecule has 1 aliphatic rings. The van der Waals surface area contributed by atoms with E-state index >= 15 is 0 Å². The molecule has 0 amide bonds. The van der Waals surface area contributed by atoms with Crippen LogP contribution in [0.25, 0.3) is 0 Å². The van der Waals surface area contributed by atoms with Crippen LogP contribution < -0.4 is 9.47 Å². The average Bonchev–Trinajstić information content (AvgIpc) is 2.84. The Bertz CT molecular complexity index is 1210. The Morgan fingerprint density at radius 2 is 1.69 bits per heavy atom. The molecule has 0 saturated carbocycles. The number of benzene rings is 3. The summed E-state index contributed by atoms with van der Waals surface area (Å²) in [5.74, 6) is 0.783. The highest BCUT2D eigenvalue weighted by atomic mass is 16.5. The molecule has 3 aromatic carbocycles. The number of methoxy groups -OCH3 is 1. The summed E-state index contributed by atoms with van der Waals surface area (Å²) in [6, 6.07) is 19.7. The monoisotopic (exact) mass is 427 g/mol. The topological polar surface area (TPSA) is 85.6 Å². The number of ether oxygens (including phenoxy) is 3. The molecular weight excluding hydrogens is 406 g/mol. The SMILES string of the molecule is COC(=O)c1ccc([C@H](Oc2ccc3c(c2C)OCCC3=O)c2ccc(C#N)cc2)cc1. The highest BCUT2D eigenvalue weighted by molar-refractivity contribution is 6.00. The van der Waals surface area contributed by atoms with Crippen molar-refractivity contribution >= 4 is 11.8 Å². The minimum absolute atomic E-state index is 0.0583. The van der Waals surface area contributed by atoms with Crippen LogP contribution in [0.4, 0.5) is 0 Å². The van der Waals surface area contributed by atoms with E-state index in [0.29, 0.717) is 41.2 Å². The van der Waals surface area contributed by atoms with Gasteiger partial charge in [0.15, 0.2) is 5.78 Å². The maximum Gasteiger partial charge on any atom is 0.337 e. The van der Waals surface area contributed by atoms with E-state index in [4.69, 9.17) is 19.5 Å². The van der Waals surface area contributed by atoms with E-state index in [9.17, 15) is 9.59 Å². The zero-order valence-electron chi connectivity index (χ0n) is 17.8. The van der Waals surface area contributed by atoms with Gasteiger partial charge in [-0.2, -0.15) is 5.26 Å². The molecule has 160 valence electrons. The van der Waals surface area contributed by atoms with Crippen LogP contribution in [-0.4, -0.2) is 25.5 Å². The molecule has 0 bridgehead atoms. The summed E-state index contributed by atoms with van der Waals surface area (Å²) in [6.07, 6.45) is -0.141. The summed E-state index contributed by atoms with van der Waals surface area (Å²) >= 11 is 0. The van der Waals surface area contributed by atoms with Crippen molar-refractivity contribution in [1.82, 2.24) is 0 Å². The molecule has 0 radical (unpaired) electrons. The van der Waals surface area contributed by atoms with Crippen molar-refractivity contribution in [3.8, 4) is 17.6 Å². The molecule has 6 nitrogen and oxygen atoms in total. The standard InChI is InChI=1S/C26H21NO5/c1-16-23(12-11-21-22(28)13-14-31-24(16)21)32-25(18-5-3-17(15-27)4-6-18)19-7-9-20(10-8-19)26(29)30-2/h3-12,25H,13-14H2,1-2H3/t25-/m1/s1. The Kier molecular flexibility index (Phi) is 5.91. The highest BCUT2D eigenvalue weighted by Gasteiger charge is 2.24. The van der Waals surface area contributed by atoms with Crippen LogP contribution in [0.3, 0.4) is 0 Å². The Balaban J connectivity index is 1.74. The summed E-state index contributed by atoms with van der Waals surface area (Å²) in [5, 5.41) is 9.13. The first-order valence-corrected chi connectivity index (χ1v) is 10.2. The molecule has 1 heterocycles. The van der Waals surface area contributed by atoms with Gasteiger partial charge in [-0.25, -0.2) is 4.79 Å². The molecule has 0 aliphatic carbocycles. The summed E-state index contributed by atoms with van der Waals surface area (Å²) < 4.78 is 17.0. The lowest BCUT2D eigenvalue weighted by Crippen LogP contribution is -2.17. The molecule has 0 unspecified atom stereocenters. The highest BCUT2D eigenvalue weighted by Crippen LogP contribution is 2.38. The normalized spacial score (nSPS) is 13.3. The Labute approximate surface area is 186 Å². The smallest absolute Gasteiger partial charge is 0.337 e. The van der Waals surface area contributed by atoms with Crippen molar-refractivity contribution in [3.63, 3.8) is 0 Å². The Hall–Kier alpha value is -4.11. The van der Waals surface area contributed by atoms with E-state index in [2.05, 4.69) is 6.07 Å². The van der Waals surface area contributed by atoms with Gasteiger partial charge in [0.2, 0.25) is 0 Å². The number of Topliss-reactive ketones (excluding diaryl/α,β-unsaturated/α-hetero) is 1. The van der Waals surface area contributed by atoms with E-state index in [0.717, 1.165) is 16.7 Å². The second-order valence-corrected chi connectivity index (χ2v) is 7.43. The van der Waals surface area contributed by atoms with Crippen molar-refractivity contribution in [2.24, 2.45) is 0 Å². The molecule has 4 rings (SSSR count). The lowest BCUT2D eigenvalue weighted by Gasteiger charge is -2.24. The molecule has 0 saturated heterocycles. The molecule has 0 N–H and O–H groups in total. The zero-order chi connectivity index (χ0) is 22.7. The minimum Gasteiger partial charge on any atom is -0.492 e. The molecular formula is C26H21NO5. The van der Waals surface area contributed by atoms with Crippen LogP contribution in [0, 0.1) is 18.3 Å². The van der Waals surface area contributed by atoms with Crippen LogP contribution in [0.15, 0.2) is 60.7 Å². The maximum absolute atomic E-state index is 12.2. The van der Waals surface area contributed by atoms with E-state index in [1.54, 1.807) is 36.4 Å². The number of carbonyl (C=O) groups excluding carboxylic acids is 2. The van der Waals surface area contributed by atoms with Crippen molar-refractivity contribution in [2.45, 2.75) is 19.4 Å². The zero-order valence-corrected chi connectivity index (χ0v) is 17.8. The number of ketones is 1. The van der Waals surface area contributed by atoms with Gasteiger partial charge >= 0.3 is 5.97 Å². The number of rotatable bonds is 5. The average molecular weight is 427 g/mol. The van der Waals surface area contributed by atoms with Gasteiger partial charge < -0.3 is 14.2 Å². The number of nitriles is 1. The van der Waals surface area contributed by atoms with Gasteiger partial charge in [-0.3, -0.25) is 4.79 Å². The van der Waals surface area contributed by atoms with Gasteiger partial charge in [0.1, 0.15) is 17.6 Å². The summed E-state index contributed by atoms with van der Waals surface area (Å²) in [7, 11) is 1.34. The molecule has 1 atom stereocenters. The second-order valence-electron chi connectivity index (χ2n) is 7.43. The van der Waals surface area contributed by atoms with Crippen molar-refractivity contribution in [1.29, 1.82) is 5.26 Å². The van der Waals surface area contributed by atoms with E-state index in [1.807, 2.05) is 31.2 Å². The van der Waals surface area contributed by atoms with Crippen molar-refractivity contribution in [2.75, 3.05) is 13.7 Å². The fourth-order valence-electron chi connectivity index (χ4n) is 3.69. The van der Waals surface area contributed by atoms with Gasteiger partial charge in [0.25, 0.3) is 0 Å². The van der Waals surface area contributed by atoms with Crippen molar-refractivity contribution < 1.29 is 23.8 Å². The molecule has 1 aliphatic heterocycles. The van der Waals surface area contributed by atoms with Crippen molar-refractivity contribution in [3.05, 3.63) is 94.0 Å². The largest absolute Gasteiger partial charge is 0.492 e. The first-order chi connectivity index (χ1) is 15.5. The number of hydrogen-bond acceptors (Lipinski definition) is 6. The van der Waals surface area contributed by atoms with Crippen LogP contribution >= 0.6 is 0 Å². The number of fused-ring (bicyclic) bond motifs is 1. The van der Waals surface area contributed by atoms with E-state index in [1.165, 1.54) is 7.11 Å². The summed E-state index contributed by atoms with van der Waals surface area (Å²) in [5.41, 5.74) is 3.95. The van der Waals surface area contributed by atoms with Crippen LogP contribution in [0.2, 0.25) is 0 Å². The third-order valence-corrected chi connectivity index (χ3v) is 5.45. The fourth-order valence-corrected chi connectivity index (χ4v) is 3.69. The lowest BCUT2D eigenvalue weighted by molar-refractivity contribution is 0.0600. The van der Waals surface area contributed by atoms with Gasteiger partial charge in [-0.15, -0.1) is 0 Å². The molecule has 0 aromatic heterocycles. The van der Waals surface area contributed by atoms with E-state index in [-0.39, 0.29) is 5.78 Å². The molecule has 32 heavy (non-hydrogen) atoms. The van der Waals surface area contributed by atoms with Crippen LogP contribution in [0.5, 0.6) is 11.5 Å². The molecule has 0 fully saturated rings. The number of esters is 1. The second kappa shape index (κ2) is 8.94. The predicted molar refractivity (Wildman–Crippen MR) is 117 cm³/mol. The lowest BCUT2D eigenvalue weighted by atomic mass is 9.98. The Morgan fingerprint density at radius 3 is 2.31 bits per heavy atom. The first kappa shape index (κ1) is 21.1. The Morgan fingerprint density at radius 1 is 1.03 bits per heavy atom. The fraction of sp³-hybridized carbons (Fsp3) is 0.192. The summed E-state index contributed by atoms with van der Waals surface area (Å²) in [4.78, 5) is 24.0. The first-order valence-electron chi connectivity index (χ1n) is 10.2. The van der Waals surface area contributed by atoms with Crippen LogP contribution in [-0.2, 0) is 4.74 Å². The van der Waals surface area contributed by atoms with Gasteiger partial charge in [-0.1, -0.05) is 24.3 Å². The summed E-state index contributed by atoms with van der Waals surface area (Å²) in [6.45, 7) is 2.22. The van der Waals surface area contributed by atoms with Gasteiger partial charge in [0.05, 0.1) is 36.5 Å². The third kappa shape index (κ3) is 4.06. The molecule has 6 heteroatoms. The number of nitrogens with zero attached hydrogens (tertiary/aromatic N) is 1. The molecule has 0 spiro atoms. The molecule has 3 aromatic rings. The maximum atomic E-state index is 12.2. The van der Waals surface area contributed by atoms with E-state index < -0.39 is 12.1 Å². The quantitative estimate of drug-likeness (QED) is 0.545. The number of carbonyl (C=O) groups is 2. The van der Waals surface area contributed by atoms with Gasteiger partial charge in [-0.05, 0) is 54.4 Å². The van der Waals surface area contributed by atoms with Crippen LogP contribution in [0.1, 0.15) is 55.5 Å². The van der Waals surface area contributed by atoms with Gasteiger partial charge in [0, 0.05) is 12.0 Å². The third-order valence-electron chi connectivity index (χ3n) is 5.45. The minimum atomic E-state index is -0.509.